The summed E-state index contributed by atoms with van der Waals surface area (Å²) in [4.78, 5) is 4.88. The Morgan fingerprint density at radius 2 is 1.88 bits per heavy atom. The largest absolute Gasteiger partial charge is 0.381 e. The zero-order valence-electron chi connectivity index (χ0n) is 14.6. The first-order chi connectivity index (χ1) is 12.7. The van der Waals surface area contributed by atoms with E-state index in [2.05, 4.69) is 21.5 Å². The monoisotopic (exact) mass is 349 g/mol. The lowest BCUT2D eigenvalue weighted by molar-refractivity contribution is 0.00250. The van der Waals surface area contributed by atoms with E-state index in [1.807, 2.05) is 47.1 Å². The molecule has 1 fully saturated rings. The average Bonchev–Trinajstić information content (AvgIpc) is 3.32. The van der Waals surface area contributed by atoms with Gasteiger partial charge in [-0.25, -0.2) is 9.50 Å². The molecule has 0 radical (unpaired) electrons. The Balaban J connectivity index is 1.56. The SMILES string of the molecule is COC1CC(n2cc(-c3nc(-c4cnn(C)c4)cn4nccc34)cn2)C1. The molecule has 0 aromatic carbocycles. The van der Waals surface area contributed by atoms with E-state index >= 15 is 0 Å². The smallest absolute Gasteiger partial charge is 0.0999 e. The number of rotatable bonds is 4. The van der Waals surface area contributed by atoms with E-state index in [1.54, 1.807) is 18.0 Å². The van der Waals surface area contributed by atoms with Crippen LogP contribution in [0.15, 0.2) is 43.2 Å². The zero-order chi connectivity index (χ0) is 17.7. The van der Waals surface area contributed by atoms with Crippen molar-refractivity contribution in [2.75, 3.05) is 7.11 Å². The first-order valence-corrected chi connectivity index (χ1v) is 8.62. The highest BCUT2D eigenvalue weighted by Crippen LogP contribution is 2.35. The minimum atomic E-state index is 0.348. The molecule has 0 N–H and O–H groups in total. The third-order valence-corrected chi connectivity index (χ3v) is 5.04. The van der Waals surface area contributed by atoms with Gasteiger partial charge in [0.05, 0.1) is 53.8 Å². The second kappa shape index (κ2) is 5.77. The Morgan fingerprint density at radius 3 is 2.65 bits per heavy atom. The van der Waals surface area contributed by atoms with Gasteiger partial charge in [0.1, 0.15) is 0 Å². The molecular weight excluding hydrogens is 330 g/mol. The molecule has 132 valence electrons. The van der Waals surface area contributed by atoms with Crippen molar-refractivity contribution in [3.05, 3.63) is 43.2 Å². The van der Waals surface area contributed by atoms with Gasteiger partial charge in [0.15, 0.2) is 0 Å². The van der Waals surface area contributed by atoms with Crippen LogP contribution in [-0.2, 0) is 11.8 Å². The number of nitrogens with zero attached hydrogens (tertiary/aromatic N) is 7. The molecule has 5 rings (SSSR count). The summed E-state index contributed by atoms with van der Waals surface area (Å²) in [6, 6.07) is 2.37. The van der Waals surface area contributed by atoms with Crippen LogP contribution in [0.25, 0.3) is 28.0 Å². The molecule has 1 saturated carbocycles. The molecule has 4 aromatic heterocycles. The number of hydrogen-bond acceptors (Lipinski definition) is 5. The van der Waals surface area contributed by atoms with Gasteiger partial charge >= 0.3 is 0 Å². The average molecular weight is 349 g/mol. The van der Waals surface area contributed by atoms with Crippen LogP contribution in [0.2, 0.25) is 0 Å². The van der Waals surface area contributed by atoms with Crippen molar-refractivity contribution in [2.45, 2.75) is 25.0 Å². The van der Waals surface area contributed by atoms with Gasteiger partial charge in [-0.05, 0) is 18.9 Å². The standard InChI is InChI=1S/C18H19N7O/c1-23-9-12(7-20-23)16-11-25-17(3-4-19-25)18(22-16)13-8-21-24(10-13)14-5-15(6-14)26-2/h3-4,7-11,14-15H,5-6H2,1-2H3. The molecule has 0 unspecified atom stereocenters. The predicted molar refractivity (Wildman–Crippen MR) is 95.5 cm³/mol. The molecular formula is C18H19N7O. The van der Waals surface area contributed by atoms with E-state index in [0.29, 0.717) is 12.1 Å². The maximum Gasteiger partial charge on any atom is 0.0999 e. The fourth-order valence-electron chi connectivity index (χ4n) is 3.44. The van der Waals surface area contributed by atoms with Crippen LogP contribution in [0, 0.1) is 0 Å². The molecule has 0 aliphatic heterocycles. The van der Waals surface area contributed by atoms with Crippen LogP contribution in [0.3, 0.4) is 0 Å². The van der Waals surface area contributed by atoms with Crippen LogP contribution < -0.4 is 0 Å². The molecule has 26 heavy (non-hydrogen) atoms. The normalized spacial score (nSPS) is 19.8. The summed E-state index contributed by atoms with van der Waals surface area (Å²) in [5.74, 6) is 0. The lowest BCUT2D eigenvalue weighted by Crippen LogP contribution is -2.32. The predicted octanol–water partition coefficient (Wildman–Crippen LogP) is 2.34. The number of aromatic nitrogens is 7. The molecule has 0 saturated heterocycles. The van der Waals surface area contributed by atoms with Gasteiger partial charge in [0, 0.05) is 37.7 Å². The van der Waals surface area contributed by atoms with Crippen LogP contribution in [0.4, 0.5) is 0 Å². The number of hydrogen-bond donors (Lipinski definition) is 0. The summed E-state index contributed by atoms with van der Waals surface area (Å²) in [5, 5.41) is 13.2. The Morgan fingerprint density at radius 1 is 1.04 bits per heavy atom. The summed E-state index contributed by atoms with van der Waals surface area (Å²) in [6.45, 7) is 0. The number of aryl methyl sites for hydroxylation is 1. The topological polar surface area (TPSA) is 75.1 Å². The van der Waals surface area contributed by atoms with Crippen LogP contribution in [0.1, 0.15) is 18.9 Å². The lowest BCUT2D eigenvalue weighted by Gasteiger charge is -2.34. The number of ether oxygens (including phenoxy) is 1. The van der Waals surface area contributed by atoms with Gasteiger partial charge in [-0.15, -0.1) is 0 Å². The van der Waals surface area contributed by atoms with Crippen molar-refractivity contribution in [3.8, 4) is 22.5 Å². The molecule has 8 heteroatoms. The first-order valence-electron chi connectivity index (χ1n) is 8.62. The van der Waals surface area contributed by atoms with Crippen LogP contribution >= 0.6 is 0 Å². The third-order valence-electron chi connectivity index (χ3n) is 5.04. The molecule has 8 nitrogen and oxygen atoms in total. The van der Waals surface area contributed by atoms with Gasteiger partial charge < -0.3 is 4.74 Å². The third kappa shape index (κ3) is 2.41. The van der Waals surface area contributed by atoms with E-state index < -0.39 is 0 Å². The Kier molecular flexibility index (Phi) is 3.39. The second-order valence-corrected chi connectivity index (χ2v) is 6.73. The van der Waals surface area contributed by atoms with Gasteiger partial charge in [0.25, 0.3) is 0 Å². The summed E-state index contributed by atoms with van der Waals surface area (Å²) in [5.41, 5.74) is 4.61. The minimum Gasteiger partial charge on any atom is -0.381 e. The lowest BCUT2D eigenvalue weighted by atomic mass is 9.89. The van der Waals surface area contributed by atoms with Crippen LogP contribution in [-0.4, -0.2) is 47.4 Å². The van der Waals surface area contributed by atoms with Gasteiger partial charge in [-0.1, -0.05) is 0 Å². The van der Waals surface area contributed by atoms with Crippen LogP contribution in [0.5, 0.6) is 0 Å². The fourth-order valence-corrected chi connectivity index (χ4v) is 3.44. The number of methoxy groups -OCH3 is 1. The second-order valence-electron chi connectivity index (χ2n) is 6.73. The van der Waals surface area contributed by atoms with Crippen molar-refractivity contribution in [1.29, 1.82) is 0 Å². The Bertz CT molecular complexity index is 1070. The van der Waals surface area contributed by atoms with Crippen molar-refractivity contribution in [3.63, 3.8) is 0 Å². The van der Waals surface area contributed by atoms with Gasteiger partial charge in [-0.3, -0.25) is 9.36 Å². The maximum atomic E-state index is 5.37. The van der Waals surface area contributed by atoms with Crippen molar-refractivity contribution < 1.29 is 4.74 Å². The van der Waals surface area contributed by atoms with E-state index in [9.17, 15) is 0 Å². The zero-order valence-corrected chi connectivity index (χ0v) is 14.6. The first kappa shape index (κ1) is 15.3. The molecule has 0 bridgehead atoms. The minimum absolute atomic E-state index is 0.348. The molecule has 1 aliphatic rings. The molecule has 1 aliphatic carbocycles. The molecule has 0 atom stereocenters. The quantitative estimate of drug-likeness (QED) is 0.565. The molecule has 4 heterocycles. The van der Waals surface area contributed by atoms with E-state index in [0.717, 1.165) is 40.9 Å². The molecule has 4 aromatic rings. The van der Waals surface area contributed by atoms with Crippen molar-refractivity contribution >= 4 is 5.52 Å². The van der Waals surface area contributed by atoms with Gasteiger partial charge in [-0.2, -0.15) is 15.3 Å². The Labute approximate surface area is 150 Å². The molecule has 0 spiro atoms. The fraction of sp³-hybridized carbons (Fsp3) is 0.333. The highest BCUT2D eigenvalue weighted by molar-refractivity contribution is 5.78. The summed E-state index contributed by atoms with van der Waals surface area (Å²) < 4.78 is 11.0. The summed E-state index contributed by atoms with van der Waals surface area (Å²) >= 11 is 0. The van der Waals surface area contributed by atoms with Crippen molar-refractivity contribution in [2.24, 2.45) is 7.05 Å². The highest BCUT2D eigenvalue weighted by Gasteiger charge is 2.31. The van der Waals surface area contributed by atoms with E-state index in [1.165, 1.54) is 0 Å². The van der Waals surface area contributed by atoms with E-state index in [4.69, 9.17) is 9.72 Å². The Hall–Kier alpha value is -3.00. The van der Waals surface area contributed by atoms with Gasteiger partial charge in [0.2, 0.25) is 0 Å². The summed E-state index contributed by atoms with van der Waals surface area (Å²) in [6.07, 6.45) is 13.8. The highest BCUT2D eigenvalue weighted by atomic mass is 16.5. The molecule has 0 amide bonds. The summed E-state index contributed by atoms with van der Waals surface area (Å²) in [7, 11) is 3.66. The maximum absolute atomic E-state index is 5.37. The number of fused-ring (bicyclic) bond motifs is 1. The van der Waals surface area contributed by atoms with Crippen molar-refractivity contribution in [1.82, 2.24) is 34.2 Å². The van der Waals surface area contributed by atoms with E-state index in [-0.39, 0.29) is 0 Å².